The lowest BCUT2D eigenvalue weighted by atomic mass is 10.1. The number of benzene rings is 1. The van der Waals surface area contributed by atoms with Crippen LogP contribution in [0.4, 0.5) is 17.5 Å². The van der Waals surface area contributed by atoms with Gasteiger partial charge in [0.05, 0.1) is 18.8 Å². The molecule has 2 aromatic heterocycles. The number of hydrogen-bond donors (Lipinski definition) is 2. The van der Waals surface area contributed by atoms with Gasteiger partial charge in [-0.05, 0) is 35.9 Å². The van der Waals surface area contributed by atoms with E-state index < -0.39 is 0 Å². The van der Waals surface area contributed by atoms with E-state index in [0.29, 0.717) is 38.7 Å². The van der Waals surface area contributed by atoms with Gasteiger partial charge in [-0.2, -0.15) is 0 Å². The molecule has 5 aliphatic rings. The fourth-order valence-electron chi connectivity index (χ4n) is 4.64. The Morgan fingerprint density at radius 2 is 1.81 bits per heavy atom. The van der Waals surface area contributed by atoms with Crippen LogP contribution in [-0.2, 0) is 16.1 Å². The van der Waals surface area contributed by atoms with Crippen LogP contribution in [0.25, 0.3) is 11.3 Å². The SMILES string of the molecule is COCCN1CCNc2ccc(cn2)-c2ccnc(n2)Nc2cccc(c2)CN2CCN(CC2)CC1=O. The first kappa shape index (κ1) is 25.1. The fraction of sp³-hybridized carbons (Fsp3) is 0.407. The number of amides is 1. The van der Waals surface area contributed by atoms with E-state index in [1.807, 2.05) is 29.2 Å². The van der Waals surface area contributed by atoms with Crippen molar-refractivity contribution in [3.63, 3.8) is 0 Å². The number of ether oxygens (including phenoxy) is 1. The molecule has 0 spiro atoms. The Morgan fingerprint density at radius 1 is 0.973 bits per heavy atom. The summed E-state index contributed by atoms with van der Waals surface area (Å²) in [6.45, 7) is 7.17. The summed E-state index contributed by atoms with van der Waals surface area (Å²) in [5.41, 5.74) is 3.88. The third-order valence-electron chi connectivity index (χ3n) is 6.73. The number of piperazine rings is 1. The van der Waals surface area contributed by atoms with Crippen molar-refractivity contribution >= 4 is 23.4 Å². The largest absolute Gasteiger partial charge is 0.383 e. The number of rotatable bonds is 3. The maximum Gasteiger partial charge on any atom is 0.236 e. The van der Waals surface area contributed by atoms with Crippen molar-refractivity contribution in [3.8, 4) is 11.3 Å². The number of pyridine rings is 1. The molecule has 1 amide bonds. The second-order valence-corrected chi connectivity index (χ2v) is 9.38. The van der Waals surface area contributed by atoms with Crippen LogP contribution >= 0.6 is 0 Å². The molecule has 0 saturated carbocycles. The highest BCUT2D eigenvalue weighted by Gasteiger charge is 2.22. The standard InChI is InChI=1S/C27H34N8O2/c1-37-16-15-35-10-9-28-25-6-5-22(18-30-25)24-7-8-29-27(32-24)31-23-4-2-3-21(17-23)19-33-11-13-34(14-12-33)20-26(35)36/h2-8,17-18H,9-16,19-20H2,1H3,(H,28,30)(H,29,31,32). The van der Waals surface area contributed by atoms with E-state index in [2.05, 4.69) is 48.6 Å². The van der Waals surface area contributed by atoms with Crippen LogP contribution < -0.4 is 10.6 Å². The van der Waals surface area contributed by atoms with Gasteiger partial charge < -0.3 is 20.3 Å². The van der Waals surface area contributed by atoms with Crippen LogP contribution in [0.5, 0.6) is 0 Å². The van der Waals surface area contributed by atoms with Crippen molar-refractivity contribution in [2.45, 2.75) is 6.54 Å². The van der Waals surface area contributed by atoms with E-state index in [0.717, 1.165) is 55.5 Å². The van der Waals surface area contributed by atoms with E-state index in [-0.39, 0.29) is 5.91 Å². The highest BCUT2D eigenvalue weighted by molar-refractivity contribution is 5.78. The minimum atomic E-state index is 0.135. The van der Waals surface area contributed by atoms with Gasteiger partial charge in [-0.25, -0.2) is 15.0 Å². The molecule has 1 saturated heterocycles. The summed E-state index contributed by atoms with van der Waals surface area (Å²) in [6.07, 6.45) is 3.55. The Morgan fingerprint density at radius 3 is 2.59 bits per heavy atom. The molecule has 37 heavy (non-hydrogen) atoms. The molecule has 3 aromatic rings. The lowest BCUT2D eigenvalue weighted by Crippen LogP contribution is -2.50. The second kappa shape index (κ2) is 12.1. The van der Waals surface area contributed by atoms with Gasteiger partial charge in [0.1, 0.15) is 5.82 Å². The summed E-state index contributed by atoms with van der Waals surface area (Å²) >= 11 is 0. The van der Waals surface area contributed by atoms with Crippen LogP contribution in [0, 0.1) is 0 Å². The Balaban J connectivity index is 1.38. The molecule has 2 N–H and O–H groups in total. The van der Waals surface area contributed by atoms with Crippen molar-refractivity contribution in [2.24, 2.45) is 0 Å². The molecule has 194 valence electrons. The minimum absolute atomic E-state index is 0.135. The predicted octanol–water partition coefficient (Wildman–Crippen LogP) is 2.30. The van der Waals surface area contributed by atoms with Crippen molar-refractivity contribution in [1.29, 1.82) is 0 Å². The number of carbonyl (C=O) groups excluding carboxylic acids is 1. The lowest BCUT2D eigenvalue weighted by Gasteiger charge is -2.35. The monoisotopic (exact) mass is 502 g/mol. The van der Waals surface area contributed by atoms with Crippen molar-refractivity contribution in [1.82, 2.24) is 29.7 Å². The topological polar surface area (TPSA) is 98.8 Å². The molecule has 8 rings (SSSR count). The van der Waals surface area contributed by atoms with Crippen molar-refractivity contribution in [2.75, 3.05) is 76.7 Å². The molecule has 0 radical (unpaired) electrons. The zero-order chi connectivity index (χ0) is 25.5. The summed E-state index contributed by atoms with van der Waals surface area (Å²) in [4.78, 5) is 33.4. The maximum atomic E-state index is 13.1. The van der Waals surface area contributed by atoms with Crippen molar-refractivity contribution in [3.05, 3.63) is 60.4 Å². The van der Waals surface area contributed by atoms with E-state index in [9.17, 15) is 4.79 Å². The van der Waals surface area contributed by atoms with Gasteiger partial charge in [-0.3, -0.25) is 14.6 Å². The molecule has 5 aliphatic heterocycles. The number of nitrogens with one attached hydrogen (secondary N) is 2. The quantitative estimate of drug-likeness (QED) is 0.559. The molecule has 7 heterocycles. The third-order valence-corrected chi connectivity index (χ3v) is 6.73. The first-order valence-electron chi connectivity index (χ1n) is 12.8. The first-order valence-corrected chi connectivity index (χ1v) is 12.8. The Bertz CT molecular complexity index is 1180. The molecule has 10 nitrogen and oxygen atoms in total. The molecular formula is C27H34N8O2. The Labute approximate surface area is 217 Å². The van der Waals surface area contributed by atoms with Gasteiger partial charge >= 0.3 is 0 Å². The van der Waals surface area contributed by atoms with E-state index >= 15 is 0 Å². The summed E-state index contributed by atoms with van der Waals surface area (Å²) < 4.78 is 5.25. The van der Waals surface area contributed by atoms with Gasteiger partial charge in [0.15, 0.2) is 0 Å². The molecule has 0 aliphatic carbocycles. The van der Waals surface area contributed by atoms with Crippen LogP contribution in [0.2, 0.25) is 0 Å². The highest BCUT2D eigenvalue weighted by atomic mass is 16.5. The van der Waals surface area contributed by atoms with Crippen LogP contribution in [0.3, 0.4) is 0 Å². The number of aromatic nitrogens is 3. The van der Waals surface area contributed by atoms with E-state index in [1.165, 1.54) is 5.56 Å². The zero-order valence-corrected chi connectivity index (χ0v) is 21.3. The first-order chi connectivity index (χ1) is 18.2. The highest BCUT2D eigenvalue weighted by Crippen LogP contribution is 2.21. The normalized spacial score (nSPS) is 20.5. The number of nitrogens with zero attached hydrogens (tertiary/aromatic N) is 6. The van der Waals surface area contributed by atoms with E-state index in [4.69, 9.17) is 9.72 Å². The number of hydrogen-bond acceptors (Lipinski definition) is 9. The summed E-state index contributed by atoms with van der Waals surface area (Å²) in [5.74, 6) is 1.44. The third kappa shape index (κ3) is 6.79. The van der Waals surface area contributed by atoms with Crippen LogP contribution in [0.15, 0.2) is 54.9 Å². The average Bonchev–Trinajstić information content (AvgIpc) is 2.92. The van der Waals surface area contributed by atoms with Gasteiger partial charge in [0.25, 0.3) is 0 Å². The maximum absolute atomic E-state index is 13.1. The van der Waals surface area contributed by atoms with E-state index in [1.54, 1.807) is 19.5 Å². The Hall–Kier alpha value is -3.60. The molecule has 10 heteroatoms. The molecule has 8 bridgehead atoms. The van der Waals surface area contributed by atoms with Gasteiger partial charge in [0.2, 0.25) is 11.9 Å². The molecular weight excluding hydrogens is 468 g/mol. The summed E-state index contributed by atoms with van der Waals surface area (Å²) in [5, 5.41) is 6.68. The van der Waals surface area contributed by atoms with Gasteiger partial charge in [-0.15, -0.1) is 0 Å². The fourth-order valence-corrected chi connectivity index (χ4v) is 4.64. The van der Waals surface area contributed by atoms with Gasteiger partial charge in [-0.1, -0.05) is 12.1 Å². The smallest absolute Gasteiger partial charge is 0.236 e. The summed E-state index contributed by atoms with van der Waals surface area (Å²) in [6, 6.07) is 14.2. The molecule has 0 atom stereocenters. The van der Waals surface area contributed by atoms with Gasteiger partial charge in [0, 0.05) is 83.1 Å². The number of anilines is 3. The average molecular weight is 503 g/mol. The predicted molar refractivity (Wildman–Crippen MR) is 144 cm³/mol. The van der Waals surface area contributed by atoms with Crippen LogP contribution in [-0.4, -0.2) is 102 Å². The number of methoxy groups -OCH3 is 1. The summed E-state index contributed by atoms with van der Waals surface area (Å²) in [7, 11) is 1.66. The van der Waals surface area contributed by atoms with Crippen LogP contribution in [0.1, 0.15) is 5.56 Å². The number of carbonyl (C=O) groups is 1. The van der Waals surface area contributed by atoms with Crippen molar-refractivity contribution < 1.29 is 9.53 Å². The minimum Gasteiger partial charge on any atom is -0.383 e. The zero-order valence-electron chi connectivity index (χ0n) is 21.3. The molecule has 0 unspecified atom stereocenters. The molecule has 1 fully saturated rings. The molecule has 1 aromatic carbocycles. The lowest BCUT2D eigenvalue weighted by molar-refractivity contribution is -0.133. The second-order valence-electron chi connectivity index (χ2n) is 9.38. The Kier molecular flexibility index (Phi) is 8.19.